The number of aliphatic hydroxyl groups excluding tert-OH is 1. The fourth-order valence-electron chi connectivity index (χ4n) is 2.11. The van der Waals surface area contributed by atoms with Crippen LogP contribution >= 0.6 is 0 Å². The Bertz CT molecular complexity index is 267. The summed E-state index contributed by atoms with van der Waals surface area (Å²) in [5, 5.41) is 12.7. The zero-order chi connectivity index (χ0) is 12.0. The van der Waals surface area contributed by atoms with E-state index in [4.69, 9.17) is 0 Å². The van der Waals surface area contributed by atoms with Gasteiger partial charge >= 0.3 is 5.97 Å². The third kappa shape index (κ3) is 3.32. The minimum absolute atomic E-state index is 0.132. The van der Waals surface area contributed by atoms with Gasteiger partial charge in [-0.15, -0.1) is 0 Å². The molecule has 0 aromatic carbocycles. The van der Waals surface area contributed by atoms with Crippen LogP contribution in [0.1, 0.15) is 32.6 Å². The molecule has 0 aromatic rings. The van der Waals surface area contributed by atoms with Crippen LogP contribution in [0.25, 0.3) is 0 Å². The highest BCUT2D eigenvalue weighted by Crippen LogP contribution is 2.28. The largest absolute Gasteiger partial charge is 0.466 e. The van der Waals surface area contributed by atoms with Crippen LogP contribution in [0.5, 0.6) is 0 Å². The lowest BCUT2D eigenvalue weighted by Gasteiger charge is -2.27. The molecule has 1 aliphatic carbocycles. The van der Waals surface area contributed by atoms with E-state index in [2.05, 4.69) is 10.1 Å². The Morgan fingerprint density at radius 3 is 2.62 bits per heavy atom. The minimum Gasteiger partial charge on any atom is -0.466 e. The first-order chi connectivity index (χ1) is 7.63. The average molecular weight is 227 g/mol. The number of nitrogens with one attached hydrogen (secondary N) is 1. The van der Waals surface area contributed by atoms with Crippen molar-refractivity contribution >= 4 is 5.97 Å². The van der Waals surface area contributed by atoms with Crippen molar-refractivity contribution < 1.29 is 14.6 Å². The number of esters is 1. The van der Waals surface area contributed by atoms with Gasteiger partial charge in [-0.1, -0.05) is 18.9 Å². The topological polar surface area (TPSA) is 58.6 Å². The summed E-state index contributed by atoms with van der Waals surface area (Å²) in [4.78, 5) is 11.1. The Morgan fingerprint density at radius 1 is 1.50 bits per heavy atom. The van der Waals surface area contributed by atoms with E-state index in [0.29, 0.717) is 12.1 Å². The summed E-state index contributed by atoms with van der Waals surface area (Å²) in [6, 6.07) is 0. The molecule has 0 atom stereocenters. The maximum Gasteiger partial charge on any atom is 0.333 e. The fraction of sp³-hybridized carbons (Fsp3) is 0.750. The Hall–Kier alpha value is -0.870. The van der Waals surface area contributed by atoms with Crippen LogP contribution in [0, 0.1) is 0 Å². The molecule has 0 saturated heterocycles. The lowest BCUT2D eigenvalue weighted by atomic mass is 9.99. The second-order valence-corrected chi connectivity index (χ2v) is 4.41. The quantitative estimate of drug-likeness (QED) is 0.543. The number of methoxy groups -OCH3 is 1. The van der Waals surface area contributed by atoms with Crippen LogP contribution in [-0.2, 0) is 9.53 Å². The molecule has 92 valence electrons. The van der Waals surface area contributed by atoms with Crippen molar-refractivity contribution in [3.63, 3.8) is 0 Å². The SMILES string of the molecule is COC(=O)C(C)=CCNC1(CO)CCCC1. The van der Waals surface area contributed by atoms with Crippen LogP contribution in [-0.4, -0.2) is 36.9 Å². The number of hydrogen-bond acceptors (Lipinski definition) is 4. The number of ether oxygens (including phenoxy) is 1. The first-order valence-electron chi connectivity index (χ1n) is 5.74. The van der Waals surface area contributed by atoms with Crippen molar-refractivity contribution in [2.45, 2.75) is 38.1 Å². The third-order valence-electron chi connectivity index (χ3n) is 3.26. The number of hydrogen-bond donors (Lipinski definition) is 2. The van der Waals surface area contributed by atoms with Gasteiger partial charge in [0.1, 0.15) is 0 Å². The van der Waals surface area contributed by atoms with Crippen molar-refractivity contribution in [3.05, 3.63) is 11.6 Å². The Balaban J connectivity index is 2.41. The molecule has 1 fully saturated rings. The highest BCUT2D eigenvalue weighted by molar-refractivity contribution is 5.87. The van der Waals surface area contributed by atoms with Crippen LogP contribution in [0.2, 0.25) is 0 Å². The van der Waals surface area contributed by atoms with E-state index in [-0.39, 0.29) is 18.1 Å². The maximum absolute atomic E-state index is 11.1. The Kier molecular flexibility index (Phi) is 4.96. The summed E-state index contributed by atoms with van der Waals surface area (Å²) in [7, 11) is 1.37. The number of aliphatic hydroxyl groups is 1. The first kappa shape index (κ1) is 13.2. The molecule has 1 aliphatic rings. The molecule has 2 N–H and O–H groups in total. The number of carbonyl (C=O) groups is 1. The monoisotopic (exact) mass is 227 g/mol. The van der Waals surface area contributed by atoms with E-state index in [1.165, 1.54) is 7.11 Å². The van der Waals surface area contributed by atoms with Crippen LogP contribution in [0.4, 0.5) is 0 Å². The molecule has 1 saturated carbocycles. The predicted octanol–water partition coefficient (Wildman–Crippen LogP) is 1.00. The van der Waals surface area contributed by atoms with Crippen molar-refractivity contribution in [2.24, 2.45) is 0 Å². The normalized spacial score (nSPS) is 19.8. The summed E-state index contributed by atoms with van der Waals surface area (Å²) in [5.74, 6) is -0.300. The fourth-order valence-corrected chi connectivity index (χ4v) is 2.11. The molecule has 16 heavy (non-hydrogen) atoms. The van der Waals surface area contributed by atoms with Crippen LogP contribution < -0.4 is 5.32 Å². The molecule has 0 heterocycles. The molecule has 0 unspecified atom stereocenters. The van der Waals surface area contributed by atoms with Crippen LogP contribution in [0.3, 0.4) is 0 Å². The minimum atomic E-state index is -0.300. The molecule has 0 aromatic heterocycles. The molecule has 0 bridgehead atoms. The second kappa shape index (κ2) is 6.01. The summed E-state index contributed by atoms with van der Waals surface area (Å²) in [6.07, 6.45) is 6.14. The smallest absolute Gasteiger partial charge is 0.333 e. The molecule has 1 rings (SSSR count). The zero-order valence-electron chi connectivity index (χ0n) is 10.1. The average Bonchev–Trinajstić information content (AvgIpc) is 2.77. The summed E-state index contributed by atoms with van der Waals surface area (Å²) < 4.78 is 4.60. The molecular formula is C12H21NO3. The first-order valence-corrected chi connectivity index (χ1v) is 5.74. The van der Waals surface area contributed by atoms with E-state index in [1.807, 2.05) is 6.08 Å². The summed E-state index contributed by atoms with van der Waals surface area (Å²) in [6.45, 7) is 2.49. The maximum atomic E-state index is 11.1. The van der Waals surface area contributed by atoms with Gasteiger partial charge in [0.05, 0.1) is 13.7 Å². The summed E-state index contributed by atoms with van der Waals surface area (Å²) >= 11 is 0. The van der Waals surface area contributed by atoms with Crippen molar-refractivity contribution in [3.8, 4) is 0 Å². The Labute approximate surface area is 96.7 Å². The van der Waals surface area contributed by atoms with Gasteiger partial charge in [0, 0.05) is 17.7 Å². The highest BCUT2D eigenvalue weighted by Gasteiger charge is 2.31. The van der Waals surface area contributed by atoms with E-state index in [9.17, 15) is 9.90 Å². The zero-order valence-corrected chi connectivity index (χ0v) is 10.1. The van der Waals surface area contributed by atoms with Gasteiger partial charge < -0.3 is 15.2 Å². The second-order valence-electron chi connectivity index (χ2n) is 4.41. The van der Waals surface area contributed by atoms with Crippen molar-refractivity contribution in [2.75, 3.05) is 20.3 Å². The Morgan fingerprint density at radius 2 is 2.12 bits per heavy atom. The van der Waals surface area contributed by atoms with Crippen molar-refractivity contribution in [1.82, 2.24) is 5.32 Å². The van der Waals surface area contributed by atoms with Gasteiger partial charge in [0.25, 0.3) is 0 Å². The molecule has 0 aliphatic heterocycles. The lowest BCUT2D eigenvalue weighted by molar-refractivity contribution is -0.136. The van der Waals surface area contributed by atoms with Gasteiger partial charge in [-0.05, 0) is 19.8 Å². The molecule has 0 radical (unpaired) electrons. The molecule has 4 nitrogen and oxygen atoms in total. The predicted molar refractivity (Wildman–Crippen MR) is 62.1 cm³/mol. The highest BCUT2D eigenvalue weighted by atomic mass is 16.5. The third-order valence-corrected chi connectivity index (χ3v) is 3.26. The van der Waals surface area contributed by atoms with Gasteiger partial charge in [0.15, 0.2) is 0 Å². The molecule has 4 heteroatoms. The van der Waals surface area contributed by atoms with Crippen molar-refractivity contribution in [1.29, 1.82) is 0 Å². The molecule has 0 spiro atoms. The van der Waals surface area contributed by atoms with Crippen LogP contribution in [0.15, 0.2) is 11.6 Å². The van der Waals surface area contributed by atoms with Gasteiger partial charge in [0.2, 0.25) is 0 Å². The van der Waals surface area contributed by atoms with Gasteiger partial charge in [-0.25, -0.2) is 4.79 Å². The van der Waals surface area contributed by atoms with Gasteiger partial charge in [-0.2, -0.15) is 0 Å². The number of rotatable bonds is 5. The van der Waals surface area contributed by atoms with E-state index < -0.39 is 0 Å². The van der Waals surface area contributed by atoms with E-state index >= 15 is 0 Å². The lowest BCUT2D eigenvalue weighted by Crippen LogP contribution is -2.46. The number of carbonyl (C=O) groups excluding carboxylic acids is 1. The standard InChI is InChI=1S/C12H21NO3/c1-10(11(15)16-2)5-8-13-12(9-14)6-3-4-7-12/h5,13-14H,3-4,6-9H2,1-2H3. The molecule has 0 amide bonds. The summed E-state index contributed by atoms with van der Waals surface area (Å²) in [5.41, 5.74) is 0.466. The van der Waals surface area contributed by atoms with E-state index in [1.54, 1.807) is 6.92 Å². The van der Waals surface area contributed by atoms with Gasteiger partial charge in [-0.3, -0.25) is 0 Å². The van der Waals surface area contributed by atoms with E-state index in [0.717, 1.165) is 25.7 Å². The molecular weight excluding hydrogens is 206 g/mol.